The van der Waals surface area contributed by atoms with Crippen molar-refractivity contribution in [1.82, 2.24) is 5.32 Å². The summed E-state index contributed by atoms with van der Waals surface area (Å²) in [4.78, 5) is 23.7. The highest BCUT2D eigenvalue weighted by atomic mass is 16.6. The van der Waals surface area contributed by atoms with Gasteiger partial charge in [0.1, 0.15) is 13.2 Å². The van der Waals surface area contributed by atoms with E-state index in [0.717, 1.165) is 37.2 Å². The summed E-state index contributed by atoms with van der Waals surface area (Å²) in [7, 11) is 0. The first kappa shape index (κ1) is 18.3. The Balaban J connectivity index is 1.42. The van der Waals surface area contributed by atoms with E-state index in [1.165, 1.54) is 6.08 Å². The third kappa shape index (κ3) is 5.25. The zero-order valence-corrected chi connectivity index (χ0v) is 15.0. The maximum absolute atomic E-state index is 11.9. The summed E-state index contributed by atoms with van der Waals surface area (Å²) < 4.78 is 16.0. The number of carbonyl (C=O) groups excluding carboxylic acids is 2. The van der Waals surface area contributed by atoms with Crippen LogP contribution in [0.1, 0.15) is 38.2 Å². The molecule has 140 valence electrons. The van der Waals surface area contributed by atoms with Gasteiger partial charge in [-0.15, -0.1) is 0 Å². The van der Waals surface area contributed by atoms with Crippen molar-refractivity contribution in [3.8, 4) is 11.5 Å². The SMILES string of the molecule is CC1CCC(NC(=O)COC(=O)/C=C/c2ccc3c(c2)OCCO3)CC1. The summed E-state index contributed by atoms with van der Waals surface area (Å²) in [6.45, 7) is 3.03. The Morgan fingerprint density at radius 1 is 1.15 bits per heavy atom. The van der Waals surface area contributed by atoms with E-state index < -0.39 is 5.97 Å². The third-order valence-corrected chi connectivity index (χ3v) is 4.70. The van der Waals surface area contributed by atoms with Gasteiger partial charge in [0.15, 0.2) is 18.1 Å². The van der Waals surface area contributed by atoms with Crippen LogP contribution in [0.25, 0.3) is 6.08 Å². The lowest BCUT2D eigenvalue weighted by atomic mass is 9.87. The van der Waals surface area contributed by atoms with Crippen molar-refractivity contribution in [1.29, 1.82) is 0 Å². The van der Waals surface area contributed by atoms with Gasteiger partial charge in [-0.1, -0.05) is 13.0 Å². The lowest BCUT2D eigenvalue weighted by molar-refractivity contribution is -0.144. The molecule has 1 aliphatic carbocycles. The van der Waals surface area contributed by atoms with E-state index in [4.69, 9.17) is 14.2 Å². The fourth-order valence-electron chi connectivity index (χ4n) is 3.19. The van der Waals surface area contributed by atoms with Gasteiger partial charge in [-0.25, -0.2) is 4.79 Å². The molecule has 1 fully saturated rings. The minimum atomic E-state index is -0.549. The first-order valence-corrected chi connectivity index (χ1v) is 9.14. The Morgan fingerprint density at radius 2 is 1.88 bits per heavy atom. The van der Waals surface area contributed by atoms with Gasteiger partial charge in [0.05, 0.1) is 0 Å². The van der Waals surface area contributed by atoms with E-state index in [1.807, 2.05) is 6.07 Å². The molecule has 1 aromatic rings. The molecule has 0 bridgehead atoms. The average Bonchev–Trinajstić information content (AvgIpc) is 2.66. The monoisotopic (exact) mass is 359 g/mol. The molecule has 0 unspecified atom stereocenters. The summed E-state index contributed by atoms with van der Waals surface area (Å²) in [5.41, 5.74) is 0.798. The second-order valence-corrected chi connectivity index (χ2v) is 6.87. The van der Waals surface area contributed by atoms with E-state index in [9.17, 15) is 9.59 Å². The molecule has 6 heteroatoms. The van der Waals surface area contributed by atoms with Gasteiger partial charge in [0, 0.05) is 12.1 Å². The zero-order chi connectivity index (χ0) is 18.4. The number of hydrogen-bond acceptors (Lipinski definition) is 5. The second kappa shape index (κ2) is 8.74. The third-order valence-electron chi connectivity index (χ3n) is 4.70. The van der Waals surface area contributed by atoms with E-state index in [1.54, 1.807) is 18.2 Å². The van der Waals surface area contributed by atoms with E-state index in [-0.39, 0.29) is 18.6 Å². The summed E-state index contributed by atoms with van der Waals surface area (Å²) >= 11 is 0. The zero-order valence-electron chi connectivity index (χ0n) is 15.0. The van der Waals surface area contributed by atoms with Crippen molar-refractivity contribution in [2.24, 2.45) is 5.92 Å². The fourth-order valence-corrected chi connectivity index (χ4v) is 3.19. The van der Waals surface area contributed by atoms with Gasteiger partial charge in [-0.3, -0.25) is 4.79 Å². The largest absolute Gasteiger partial charge is 0.486 e. The predicted octanol–water partition coefficient (Wildman–Crippen LogP) is 2.71. The minimum Gasteiger partial charge on any atom is -0.486 e. The molecule has 1 saturated carbocycles. The molecule has 1 N–H and O–H groups in total. The quantitative estimate of drug-likeness (QED) is 0.646. The number of amides is 1. The number of esters is 1. The van der Waals surface area contributed by atoms with Crippen LogP contribution in [0.5, 0.6) is 11.5 Å². The molecule has 3 rings (SSSR count). The van der Waals surface area contributed by atoms with Crippen LogP contribution in [0.3, 0.4) is 0 Å². The minimum absolute atomic E-state index is 0.200. The van der Waals surface area contributed by atoms with Crippen molar-refractivity contribution >= 4 is 18.0 Å². The van der Waals surface area contributed by atoms with Crippen LogP contribution >= 0.6 is 0 Å². The van der Waals surface area contributed by atoms with E-state index in [0.29, 0.717) is 24.7 Å². The summed E-state index contributed by atoms with van der Waals surface area (Å²) in [6.07, 6.45) is 7.17. The van der Waals surface area contributed by atoms with Gasteiger partial charge < -0.3 is 19.5 Å². The molecule has 1 heterocycles. The molecule has 6 nitrogen and oxygen atoms in total. The summed E-state index contributed by atoms with van der Waals surface area (Å²) in [5.74, 6) is 1.29. The van der Waals surface area contributed by atoms with Crippen molar-refractivity contribution < 1.29 is 23.8 Å². The Hall–Kier alpha value is -2.50. The molecular formula is C20H25NO5. The highest BCUT2D eigenvalue weighted by Crippen LogP contribution is 2.31. The average molecular weight is 359 g/mol. The maximum atomic E-state index is 11.9. The number of ether oxygens (including phenoxy) is 3. The Bertz CT molecular complexity index is 677. The van der Waals surface area contributed by atoms with Crippen LogP contribution in [0.2, 0.25) is 0 Å². The molecular weight excluding hydrogens is 334 g/mol. The van der Waals surface area contributed by atoms with Crippen LogP contribution in [0, 0.1) is 5.92 Å². The van der Waals surface area contributed by atoms with Crippen molar-refractivity contribution in [2.45, 2.75) is 38.6 Å². The van der Waals surface area contributed by atoms with Crippen LogP contribution < -0.4 is 14.8 Å². The van der Waals surface area contributed by atoms with Crippen molar-refractivity contribution in [3.05, 3.63) is 29.8 Å². The number of rotatable bonds is 5. The molecule has 0 saturated heterocycles. The lowest BCUT2D eigenvalue weighted by Crippen LogP contribution is -2.39. The van der Waals surface area contributed by atoms with E-state index in [2.05, 4.69) is 12.2 Å². The van der Waals surface area contributed by atoms with Gasteiger partial charge in [0.25, 0.3) is 5.91 Å². The summed E-state index contributed by atoms with van der Waals surface area (Å²) in [5, 5.41) is 2.93. The topological polar surface area (TPSA) is 73.9 Å². The molecule has 1 amide bonds. The molecule has 1 aromatic carbocycles. The number of carbonyl (C=O) groups is 2. The molecule has 0 aromatic heterocycles. The number of nitrogens with one attached hydrogen (secondary N) is 1. The molecule has 2 aliphatic rings. The predicted molar refractivity (Wildman–Crippen MR) is 97.0 cm³/mol. The first-order valence-electron chi connectivity index (χ1n) is 9.14. The Kier molecular flexibility index (Phi) is 6.15. The number of hydrogen-bond donors (Lipinski definition) is 1. The maximum Gasteiger partial charge on any atom is 0.331 e. The second-order valence-electron chi connectivity index (χ2n) is 6.87. The molecule has 0 radical (unpaired) electrons. The van der Waals surface area contributed by atoms with Crippen LogP contribution in [-0.2, 0) is 14.3 Å². The smallest absolute Gasteiger partial charge is 0.331 e. The molecule has 0 atom stereocenters. The van der Waals surface area contributed by atoms with Crippen LogP contribution in [0.4, 0.5) is 0 Å². The highest BCUT2D eigenvalue weighted by molar-refractivity contribution is 5.89. The van der Waals surface area contributed by atoms with Crippen molar-refractivity contribution in [2.75, 3.05) is 19.8 Å². The molecule has 0 spiro atoms. The fraction of sp³-hybridized carbons (Fsp3) is 0.500. The summed E-state index contributed by atoms with van der Waals surface area (Å²) in [6, 6.07) is 5.63. The van der Waals surface area contributed by atoms with Gasteiger partial charge >= 0.3 is 5.97 Å². The van der Waals surface area contributed by atoms with Gasteiger partial charge in [-0.2, -0.15) is 0 Å². The first-order chi connectivity index (χ1) is 12.6. The normalized spacial score (nSPS) is 22.0. The Labute approximate surface area is 153 Å². The lowest BCUT2D eigenvalue weighted by Gasteiger charge is -2.26. The molecule has 1 aliphatic heterocycles. The Morgan fingerprint density at radius 3 is 2.65 bits per heavy atom. The van der Waals surface area contributed by atoms with Crippen LogP contribution in [-0.4, -0.2) is 37.7 Å². The highest BCUT2D eigenvalue weighted by Gasteiger charge is 2.20. The number of benzene rings is 1. The van der Waals surface area contributed by atoms with Gasteiger partial charge in [0.2, 0.25) is 0 Å². The molecule has 26 heavy (non-hydrogen) atoms. The van der Waals surface area contributed by atoms with Crippen molar-refractivity contribution in [3.63, 3.8) is 0 Å². The number of fused-ring (bicyclic) bond motifs is 1. The standard InChI is InChI=1S/C20H25NO5/c1-14-2-6-16(7-3-14)21-19(22)13-26-20(23)9-5-15-4-8-17-18(12-15)25-11-10-24-17/h4-5,8-9,12,14,16H,2-3,6-7,10-11,13H2,1H3,(H,21,22)/b9-5+. The van der Waals surface area contributed by atoms with E-state index >= 15 is 0 Å². The van der Waals surface area contributed by atoms with Crippen LogP contribution in [0.15, 0.2) is 24.3 Å². The van der Waals surface area contributed by atoms with Gasteiger partial charge in [-0.05, 0) is 55.4 Å².